The largest absolute Gasteiger partial charge is 0.338 e. The maximum absolute atomic E-state index is 12.3. The molecule has 0 spiro atoms. The van der Waals surface area contributed by atoms with E-state index in [9.17, 15) is 4.79 Å². The van der Waals surface area contributed by atoms with Crippen molar-refractivity contribution in [3.63, 3.8) is 0 Å². The molecular formula is C20H22N6O2. The van der Waals surface area contributed by atoms with Gasteiger partial charge in [-0.3, -0.25) is 9.97 Å². The molecule has 3 aromatic heterocycles. The number of nitrogens with zero attached hydrogens (tertiary/aromatic N) is 5. The van der Waals surface area contributed by atoms with Gasteiger partial charge in [0.2, 0.25) is 5.82 Å². The van der Waals surface area contributed by atoms with Gasteiger partial charge in [0.15, 0.2) is 0 Å². The minimum Gasteiger partial charge on any atom is -0.338 e. The Morgan fingerprint density at radius 1 is 1.36 bits per heavy atom. The summed E-state index contributed by atoms with van der Waals surface area (Å²) in [5.74, 6) is 0.945. The van der Waals surface area contributed by atoms with Crippen LogP contribution in [0.1, 0.15) is 30.2 Å². The average molecular weight is 378 g/mol. The van der Waals surface area contributed by atoms with Crippen molar-refractivity contribution in [2.75, 3.05) is 13.1 Å². The minimum atomic E-state index is -0.0342. The van der Waals surface area contributed by atoms with Crippen LogP contribution in [0.5, 0.6) is 0 Å². The van der Waals surface area contributed by atoms with Crippen LogP contribution in [0.3, 0.4) is 0 Å². The van der Waals surface area contributed by atoms with E-state index < -0.39 is 0 Å². The average Bonchev–Trinajstić information content (AvgIpc) is 3.22. The molecule has 0 bridgehead atoms. The SMILES string of the molecule is CCCNC(=O)N1CCc2c(cnc(C)c2-c2noc(-c3cccnc3)n2)C1. The molecule has 0 atom stereocenters. The van der Waals surface area contributed by atoms with E-state index in [-0.39, 0.29) is 6.03 Å². The van der Waals surface area contributed by atoms with Crippen LogP contribution in [-0.4, -0.2) is 44.1 Å². The van der Waals surface area contributed by atoms with Crippen molar-refractivity contribution in [1.82, 2.24) is 30.3 Å². The highest BCUT2D eigenvalue weighted by molar-refractivity contribution is 5.75. The van der Waals surface area contributed by atoms with Gasteiger partial charge in [-0.2, -0.15) is 4.98 Å². The van der Waals surface area contributed by atoms with Crippen molar-refractivity contribution >= 4 is 6.03 Å². The first-order valence-electron chi connectivity index (χ1n) is 9.42. The number of amides is 2. The van der Waals surface area contributed by atoms with E-state index in [1.165, 1.54) is 0 Å². The molecule has 1 aliphatic heterocycles. The van der Waals surface area contributed by atoms with Gasteiger partial charge in [0, 0.05) is 49.5 Å². The van der Waals surface area contributed by atoms with Crippen molar-refractivity contribution in [1.29, 1.82) is 0 Å². The maximum Gasteiger partial charge on any atom is 0.317 e. The lowest BCUT2D eigenvalue weighted by molar-refractivity contribution is 0.192. The number of hydrogen-bond acceptors (Lipinski definition) is 6. The van der Waals surface area contributed by atoms with Crippen molar-refractivity contribution in [3.8, 4) is 22.8 Å². The van der Waals surface area contributed by atoms with Crippen LogP contribution in [0.4, 0.5) is 4.79 Å². The summed E-state index contributed by atoms with van der Waals surface area (Å²) in [5, 5.41) is 7.11. The van der Waals surface area contributed by atoms with E-state index in [4.69, 9.17) is 4.52 Å². The number of carbonyl (C=O) groups excluding carboxylic acids is 1. The van der Waals surface area contributed by atoms with E-state index in [0.717, 1.165) is 40.8 Å². The zero-order chi connectivity index (χ0) is 19.5. The normalized spacial score (nSPS) is 13.3. The van der Waals surface area contributed by atoms with E-state index >= 15 is 0 Å². The predicted molar refractivity (Wildman–Crippen MR) is 103 cm³/mol. The van der Waals surface area contributed by atoms with Gasteiger partial charge < -0.3 is 14.7 Å². The van der Waals surface area contributed by atoms with Gasteiger partial charge in [-0.25, -0.2) is 4.79 Å². The van der Waals surface area contributed by atoms with Gasteiger partial charge in [0.05, 0.1) is 5.56 Å². The van der Waals surface area contributed by atoms with Crippen molar-refractivity contribution in [3.05, 3.63) is 47.5 Å². The number of fused-ring (bicyclic) bond motifs is 1. The number of nitrogens with one attached hydrogen (secondary N) is 1. The Balaban J connectivity index is 1.64. The van der Waals surface area contributed by atoms with Crippen LogP contribution in [0.2, 0.25) is 0 Å². The molecule has 2 amide bonds. The molecule has 4 rings (SSSR count). The molecule has 0 unspecified atom stereocenters. The third kappa shape index (κ3) is 3.45. The number of rotatable bonds is 4. The summed E-state index contributed by atoms with van der Waals surface area (Å²) >= 11 is 0. The first-order valence-corrected chi connectivity index (χ1v) is 9.42. The molecule has 8 nitrogen and oxygen atoms in total. The molecule has 1 aliphatic rings. The molecule has 0 saturated heterocycles. The summed E-state index contributed by atoms with van der Waals surface area (Å²) in [4.78, 5) is 27.3. The zero-order valence-corrected chi connectivity index (χ0v) is 16.0. The van der Waals surface area contributed by atoms with Gasteiger partial charge in [-0.1, -0.05) is 12.1 Å². The lowest BCUT2D eigenvalue weighted by Crippen LogP contribution is -2.43. The second-order valence-corrected chi connectivity index (χ2v) is 6.79. The van der Waals surface area contributed by atoms with E-state index in [2.05, 4.69) is 25.4 Å². The molecular weight excluding hydrogens is 356 g/mol. The van der Waals surface area contributed by atoms with E-state index in [1.54, 1.807) is 12.4 Å². The third-order valence-electron chi connectivity index (χ3n) is 4.83. The quantitative estimate of drug-likeness (QED) is 0.750. The number of carbonyl (C=O) groups is 1. The third-order valence-corrected chi connectivity index (χ3v) is 4.83. The van der Waals surface area contributed by atoms with Crippen molar-refractivity contribution in [2.45, 2.75) is 33.2 Å². The molecule has 1 N–H and O–H groups in total. The van der Waals surface area contributed by atoms with Crippen LogP contribution in [0.15, 0.2) is 35.2 Å². The second-order valence-electron chi connectivity index (χ2n) is 6.79. The molecule has 3 aromatic rings. The van der Waals surface area contributed by atoms with Crippen molar-refractivity contribution < 1.29 is 9.32 Å². The van der Waals surface area contributed by atoms with Crippen LogP contribution >= 0.6 is 0 Å². The zero-order valence-electron chi connectivity index (χ0n) is 16.0. The fourth-order valence-corrected chi connectivity index (χ4v) is 3.39. The summed E-state index contributed by atoms with van der Waals surface area (Å²) in [6.07, 6.45) is 6.87. The van der Waals surface area contributed by atoms with Gasteiger partial charge in [-0.15, -0.1) is 0 Å². The predicted octanol–water partition coefficient (Wildman–Crippen LogP) is 2.98. The topological polar surface area (TPSA) is 97.0 Å². The summed E-state index contributed by atoms with van der Waals surface area (Å²) in [7, 11) is 0. The maximum atomic E-state index is 12.3. The molecule has 0 saturated carbocycles. The summed E-state index contributed by atoms with van der Waals surface area (Å²) in [6, 6.07) is 3.67. The molecule has 0 fully saturated rings. The van der Waals surface area contributed by atoms with Gasteiger partial charge in [-0.05, 0) is 43.0 Å². The van der Waals surface area contributed by atoms with E-state index in [1.807, 2.05) is 37.1 Å². The van der Waals surface area contributed by atoms with Gasteiger partial charge >= 0.3 is 6.03 Å². The summed E-state index contributed by atoms with van der Waals surface area (Å²) in [5.41, 5.74) is 4.67. The highest BCUT2D eigenvalue weighted by atomic mass is 16.5. The Bertz CT molecular complexity index is 986. The fraction of sp³-hybridized carbons (Fsp3) is 0.350. The van der Waals surface area contributed by atoms with Gasteiger partial charge in [0.25, 0.3) is 5.89 Å². The van der Waals surface area contributed by atoms with Crippen molar-refractivity contribution in [2.24, 2.45) is 0 Å². The summed E-state index contributed by atoms with van der Waals surface area (Å²) in [6.45, 7) is 5.83. The van der Waals surface area contributed by atoms with Gasteiger partial charge in [0.1, 0.15) is 0 Å². The highest BCUT2D eigenvalue weighted by Gasteiger charge is 2.26. The number of aromatic nitrogens is 4. The number of aryl methyl sites for hydroxylation is 1. The summed E-state index contributed by atoms with van der Waals surface area (Å²) < 4.78 is 5.45. The van der Waals surface area contributed by atoms with Crippen LogP contribution < -0.4 is 5.32 Å². The Morgan fingerprint density at radius 2 is 2.25 bits per heavy atom. The van der Waals surface area contributed by atoms with E-state index in [0.29, 0.717) is 31.3 Å². The Morgan fingerprint density at radius 3 is 3.04 bits per heavy atom. The van der Waals surface area contributed by atoms with Crippen LogP contribution in [0.25, 0.3) is 22.8 Å². The molecule has 28 heavy (non-hydrogen) atoms. The molecule has 0 aliphatic carbocycles. The first-order chi connectivity index (χ1) is 13.7. The Kier molecular flexibility index (Phi) is 5.01. The number of pyridine rings is 2. The Labute approximate surface area is 163 Å². The Hall–Kier alpha value is -3.29. The molecule has 0 aromatic carbocycles. The molecule has 144 valence electrons. The first kappa shape index (κ1) is 18.1. The van der Waals surface area contributed by atoms with Crippen LogP contribution in [-0.2, 0) is 13.0 Å². The highest BCUT2D eigenvalue weighted by Crippen LogP contribution is 2.31. The smallest absolute Gasteiger partial charge is 0.317 e. The molecule has 0 radical (unpaired) electrons. The minimum absolute atomic E-state index is 0.0342. The van der Waals surface area contributed by atoms with Crippen LogP contribution in [0, 0.1) is 6.92 Å². The lowest BCUT2D eigenvalue weighted by Gasteiger charge is -2.30. The molecule has 8 heteroatoms. The standard InChI is InChI=1S/C20H22N6O2/c1-3-7-22-20(27)26-9-6-16-15(12-26)11-23-13(2)17(16)18-24-19(28-25-18)14-5-4-8-21-10-14/h4-5,8,10-11H,3,6-7,9,12H2,1-2H3,(H,22,27). The number of hydrogen-bond donors (Lipinski definition) is 1. The fourth-order valence-electron chi connectivity index (χ4n) is 3.39. The lowest BCUT2D eigenvalue weighted by atomic mass is 9.94. The second kappa shape index (κ2) is 7.75. The number of urea groups is 1. The molecule has 4 heterocycles. The monoisotopic (exact) mass is 378 g/mol.